The van der Waals surface area contributed by atoms with Crippen LogP contribution >= 0.6 is 0 Å². The van der Waals surface area contributed by atoms with Crippen LogP contribution in [0.5, 0.6) is 5.75 Å². The number of rotatable bonds is 3. The lowest BCUT2D eigenvalue weighted by Gasteiger charge is -2.00. The highest BCUT2D eigenvalue weighted by molar-refractivity contribution is 5.70. The molecule has 2 rings (SSSR count). The Morgan fingerprint density at radius 2 is 1.89 bits per heavy atom. The monoisotopic (exact) mass is 239 g/mol. The number of pyridine rings is 1. The van der Waals surface area contributed by atoms with Gasteiger partial charge in [0.05, 0.1) is 5.69 Å². The number of esters is 1. The van der Waals surface area contributed by atoms with Crippen LogP contribution in [0.15, 0.2) is 48.7 Å². The molecule has 3 nitrogen and oxygen atoms in total. The zero-order valence-corrected chi connectivity index (χ0v) is 10.0. The molecule has 0 N–H and O–H groups in total. The lowest BCUT2D eigenvalue weighted by Crippen LogP contribution is -2.00. The van der Waals surface area contributed by atoms with Crippen molar-refractivity contribution in [3.8, 4) is 5.75 Å². The summed E-state index contributed by atoms with van der Waals surface area (Å²) in [4.78, 5) is 15.0. The van der Waals surface area contributed by atoms with E-state index in [4.69, 9.17) is 4.74 Å². The number of hydrogen-bond donors (Lipinski definition) is 0. The van der Waals surface area contributed by atoms with Crippen molar-refractivity contribution >= 4 is 18.1 Å². The fourth-order valence-electron chi connectivity index (χ4n) is 1.47. The predicted octanol–water partition coefficient (Wildman–Crippen LogP) is 3.18. The minimum absolute atomic E-state index is 0.313. The Kier molecular flexibility index (Phi) is 3.86. The van der Waals surface area contributed by atoms with Gasteiger partial charge < -0.3 is 4.74 Å². The van der Waals surface area contributed by atoms with Gasteiger partial charge in [-0.2, -0.15) is 0 Å². The zero-order valence-electron chi connectivity index (χ0n) is 10.0. The number of carbonyl (C=O) groups is 1. The van der Waals surface area contributed by atoms with E-state index in [-0.39, 0.29) is 5.97 Å². The molecule has 0 aliphatic rings. The summed E-state index contributed by atoms with van der Waals surface area (Å²) in [5, 5.41) is 0. The van der Waals surface area contributed by atoms with E-state index in [9.17, 15) is 4.79 Å². The Balaban J connectivity index is 2.06. The van der Waals surface area contributed by atoms with Gasteiger partial charge in [0.25, 0.3) is 0 Å². The van der Waals surface area contributed by atoms with Crippen molar-refractivity contribution in [2.24, 2.45) is 0 Å². The van der Waals surface area contributed by atoms with Crippen LogP contribution in [0, 0.1) is 0 Å². The number of hydrogen-bond acceptors (Lipinski definition) is 3. The van der Waals surface area contributed by atoms with E-state index in [1.165, 1.54) is 6.92 Å². The predicted molar refractivity (Wildman–Crippen MR) is 70.9 cm³/mol. The van der Waals surface area contributed by atoms with Gasteiger partial charge in [-0.3, -0.25) is 9.78 Å². The van der Waals surface area contributed by atoms with Gasteiger partial charge in [-0.1, -0.05) is 24.3 Å². The van der Waals surface area contributed by atoms with Gasteiger partial charge in [0.1, 0.15) is 5.75 Å². The maximum atomic E-state index is 10.8. The van der Waals surface area contributed by atoms with Crippen LogP contribution in [0.4, 0.5) is 0 Å². The minimum Gasteiger partial charge on any atom is -0.427 e. The second-order valence-electron chi connectivity index (χ2n) is 3.75. The fraction of sp³-hybridized carbons (Fsp3) is 0.0667. The molecule has 2 aromatic rings. The number of carbonyl (C=O) groups excluding carboxylic acids is 1. The molecule has 1 aromatic carbocycles. The van der Waals surface area contributed by atoms with Crippen LogP contribution in [0.1, 0.15) is 18.2 Å². The van der Waals surface area contributed by atoms with E-state index in [2.05, 4.69) is 4.98 Å². The lowest BCUT2D eigenvalue weighted by atomic mass is 10.2. The molecule has 18 heavy (non-hydrogen) atoms. The van der Waals surface area contributed by atoms with Gasteiger partial charge in [0.15, 0.2) is 0 Å². The van der Waals surface area contributed by atoms with Crippen molar-refractivity contribution in [2.75, 3.05) is 0 Å². The summed E-state index contributed by atoms with van der Waals surface area (Å²) in [6.45, 7) is 1.38. The van der Waals surface area contributed by atoms with Crippen LogP contribution in [0.3, 0.4) is 0 Å². The van der Waals surface area contributed by atoms with Gasteiger partial charge >= 0.3 is 5.97 Å². The quantitative estimate of drug-likeness (QED) is 0.610. The first-order chi connectivity index (χ1) is 8.74. The summed E-state index contributed by atoms with van der Waals surface area (Å²) in [6.07, 6.45) is 5.64. The number of benzene rings is 1. The molecule has 0 saturated carbocycles. The zero-order chi connectivity index (χ0) is 12.8. The van der Waals surface area contributed by atoms with E-state index in [1.54, 1.807) is 18.3 Å². The average Bonchev–Trinajstić information content (AvgIpc) is 2.38. The summed E-state index contributed by atoms with van der Waals surface area (Å²) in [7, 11) is 0. The maximum Gasteiger partial charge on any atom is 0.308 e. The first-order valence-electron chi connectivity index (χ1n) is 5.61. The van der Waals surface area contributed by atoms with Crippen molar-refractivity contribution in [3.63, 3.8) is 0 Å². The van der Waals surface area contributed by atoms with Crippen molar-refractivity contribution in [2.45, 2.75) is 6.92 Å². The lowest BCUT2D eigenvalue weighted by molar-refractivity contribution is -0.131. The van der Waals surface area contributed by atoms with Crippen molar-refractivity contribution < 1.29 is 9.53 Å². The van der Waals surface area contributed by atoms with Crippen molar-refractivity contribution in [1.29, 1.82) is 0 Å². The van der Waals surface area contributed by atoms with Crippen LogP contribution in [-0.4, -0.2) is 11.0 Å². The highest BCUT2D eigenvalue weighted by atomic mass is 16.5. The average molecular weight is 239 g/mol. The molecule has 0 saturated heterocycles. The second kappa shape index (κ2) is 5.77. The number of aromatic nitrogens is 1. The molecule has 0 bridgehead atoms. The first-order valence-corrected chi connectivity index (χ1v) is 5.61. The minimum atomic E-state index is -0.313. The van der Waals surface area contributed by atoms with Crippen LogP contribution in [0.25, 0.3) is 12.2 Å². The molecule has 1 heterocycles. The summed E-state index contributed by atoms with van der Waals surface area (Å²) in [6, 6.07) is 13.1. The normalized spacial score (nSPS) is 10.5. The largest absolute Gasteiger partial charge is 0.427 e. The molecular formula is C15H13NO2. The van der Waals surface area contributed by atoms with E-state index in [1.807, 2.05) is 42.5 Å². The first kappa shape index (κ1) is 12.0. The summed E-state index contributed by atoms with van der Waals surface area (Å²) in [5.41, 5.74) is 1.93. The molecule has 90 valence electrons. The van der Waals surface area contributed by atoms with Crippen molar-refractivity contribution in [3.05, 3.63) is 59.9 Å². The van der Waals surface area contributed by atoms with Gasteiger partial charge in [0.2, 0.25) is 0 Å². The van der Waals surface area contributed by atoms with Gasteiger partial charge in [0, 0.05) is 13.1 Å². The smallest absolute Gasteiger partial charge is 0.308 e. The molecule has 1 aromatic heterocycles. The molecule has 0 radical (unpaired) electrons. The summed E-state index contributed by atoms with van der Waals surface area (Å²) in [5.74, 6) is 0.240. The Morgan fingerprint density at radius 1 is 1.11 bits per heavy atom. The van der Waals surface area contributed by atoms with Gasteiger partial charge in [-0.05, 0) is 35.9 Å². The maximum absolute atomic E-state index is 10.8. The van der Waals surface area contributed by atoms with E-state index >= 15 is 0 Å². The van der Waals surface area contributed by atoms with Gasteiger partial charge in [-0.15, -0.1) is 0 Å². The highest BCUT2D eigenvalue weighted by Crippen LogP contribution is 2.14. The second-order valence-corrected chi connectivity index (χ2v) is 3.75. The Bertz CT molecular complexity index is 544. The number of nitrogens with zero attached hydrogens (tertiary/aromatic N) is 1. The Hall–Kier alpha value is -2.42. The van der Waals surface area contributed by atoms with E-state index in [0.29, 0.717) is 5.75 Å². The van der Waals surface area contributed by atoms with E-state index in [0.717, 1.165) is 11.3 Å². The molecule has 0 fully saturated rings. The van der Waals surface area contributed by atoms with Crippen LogP contribution < -0.4 is 4.74 Å². The SMILES string of the molecule is CC(=O)Oc1ccc(/C=C/c2ccccn2)cc1. The van der Waals surface area contributed by atoms with Gasteiger partial charge in [-0.25, -0.2) is 0 Å². The highest BCUT2D eigenvalue weighted by Gasteiger charge is 1.96. The summed E-state index contributed by atoms with van der Waals surface area (Å²) >= 11 is 0. The topological polar surface area (TPSA) is 39.2 Å². The molecule has 3 heteroatoms. The third kappa shape index (κ3) is 3.56. The molecule has 0 aliphatic carbocycles. The third-order valence-corrected chi connectivity index (χ3v) is 2.28. The molecule has 0 atom stereocenters. The van der Waals surface area contributed by atoms with Crippen LogP contribution in [0.2, 0.25) is 0 Å². The van der Waals surface area contributed by atoms with E-state index < -0.39 is 0 Å². The van der Waals surface area contributed by atoms with Crippen LogP contribution in [-0.2, 0) is 4.79 Å². The molecule has 0 aliphatic heterocycles. The molecule has 0 amide bonds. The molecule has 0 unspecified atom stereocenters. The Labute approximate surface area is 106 Å². The molecular weight excluding hydrogens is 226 g/mol. The summed E-state index contributed by atoms with van der Waals surface area (Å²) < 4.78 is 4.96. The van der Waals surface area contributed by atoms with Crippen molar-refractivity contribution in [1.82, 2.24) is 4.98 Å². The third-order valence-electron chi connectivity index (χ3n) is 2.28. The fourth-order valence-corrected chi connectivity index (χ4v) is 1.47. The standard InChI is InChI=1S/C15H13NO2/c1-12(17)18-15-9-6-13(7-10-15)5-8-14-4-2-3-11-16-14/h2-11H,1H3/b8-5+. The Morgan fingerprint density at radius 3 is 2.50 bits per heavy atom. The number of ether oxygens (including phenoxy) is 1. The molecule has 0 spiro atoms.